The molecule has 1 aliphatic rings. The second kappa shape index (κ2) is 5.64. The Balaban J connectivity index is 3.26. The Hall–Kier alpha value is -0.880. The first-order valence-electron chi connectivity index (χ1n) is 5.90. The molecule has 0 amide bonds. The van der Waals surface area contributed by atoms with E-state index in [0.717, 1.165) is 6.29 Å². The first-order valence-corrected chi connectivity index (χ1v) is 6.47. The van der Waals surface area contributed by atoms with Gasteiger partial charge in [0.1, 0.15) is 5.76 Å². The molecule has 0 aromatic heterocycles. The van der Waals surface area contributed by atoms with Crippen molar-refractivity contribution in [2.45, 2.75) is 39.0 Å². The zero-order valence-corrected chi connectivity index (χ0v) is 12.1. The molecule has 1 aliphatic carbocycles. The highest BCUT2D eigenvalue weighted by Crippen LogP contribution is 2.33. The second-order valence-electron chi connectivity index (χ2n) is 4.92. The average molecular weight is 252 g/mol. The summed E-state index contributed by atoms with van der Waals surface area (Å²) < 4.78 is 5.73. The Morgan fingerprint density at radius 2 is 2.12 bits per heavy atom. The Kier molecular flexibility index (Phi) is 4.70. The van der Waals surface area contributed by atoms with Crippen LogP contribution < -0.4 is 0 Å². The number of hydrogen-bond donors (Lipinski definition) is 0. The zero-order valence-electron chi connectivity index (χ0n) is 10.9. The minimum Gasteiger partial charge on any atom is -0.491 e. The number of carbonyl (C=O) groups is 1. The predicted molar refractivity (Wildman–Crippen MR) is 74.9 cm³/mol. The third-order valence-electron chi connectivity index (χ3n) is 2.62. The van der Waals surface area contributed by atoms with Crippen LogP contribution in [-0.4, -0.2) is 17.5 Å². The minimum atomic E-state index is -0.370. The van der Waals surface area contributed by atoms with E-state index >= 15 is 0 Å². The van der Waals surface area contributed by atoms with Gasteiger partial charge in [0.25, 0.3) is 0 Å². The maximum atomic E-state index is 11.3. The topological polar surface area (TPSA) is 26.3 Å². The molecule has 3 unspecified atom stereocenters. The zero-order chi connectivity index (χ0) is 13.1. The molecule has 0 aliphatic heterocycles. The normalized spacial score (nSPS) is 35.3. The van der Waals surface area contributed by atoms with Crippen molar-refractivity contribution in [2.24, 2.45) is 5.92 Å². The van der Waals surface area contributed by atoms with E-state index in [1.807, 2.05) is 39.0 Å². The van der Waals surface area contributed by atoms with Crippen LogP contribution in [0.4, 0.5) is 0 Å². The van der Waals surface area contributed by atoms with Crippen LogP contribution in [0.1, 0.15) is 27.7 Å². The molecule has 0 aromatic carbocycles. The van der Waals surface area contributed by atoms with E-state index in [1.165, 1.54) is 0 Å². The van der Waals surface area contributed by atoms with E-state index in [2.05, 4.69) is 22.2 Å². The van der Waals surface area contributed by atoms with Gasteiger partial charge < -0.3 is 4.74 Å². The van der Waals surface area contributed by atoms with Gasteiger partial charge in [-0.2, -0.15) is 0 Å². The van der Waals surface area contributed by atoms with Crippen molar-refractivity contribution in [1.29, 1.82) is 0 Å². The van der Waals surface area contributed by atoms with Crippen molar-refractivity contribution < 1.29 is 9.53 Å². The van der Waals surface area contributed by atoms with Gasteiger partial charge >= 0.3 is 0 Å². The Morgan fingerprint density at radius 3 is 2.65 bits per heavy atom. The number of hydrogen-bond acceptors (Lipinski definition) is 2. The fraction of sp³-hybridized carbons (Fsp3) is 0.500. The molecule has 2 nitrogen and oxygen atoms in total. The van der Waals surface area contributed by atoms with E-state index in [9.17, 15) is 4.79 Å². The van der Waals surface area contributed by atoms with Crippen molar-refractivity contribution in [3.8, 4) is 0 Å². The van der Waals surface area contributed by atoms with Gasteiger partial charge in [-0.3, -0.25) is 4.79 Å². The van der Waals surface area contributed by atoms with Crippen LogP contribution in [0.3, 0.4) is 0 Å². The van der Waals surface area contributed by atoms with Crippen molar-refractivity contribution in [1.82, 2.24) is 0 Å². The molecule has 17 heavy (non-hydrogen) atoms. The standard InChI is InChI=1S/C14H21O2P/c1-10(2)16-13-6-5-11(3)7-8-14(4,17)12(13)9-15/h5-11H,17H2,1-4H3/b6-5-,8-7?,13-12+. The Morgan fingerprint density at radius 1 is 1.47 bits per heavy atom. The summed E-state index contributed by atoms with van der Waals surface area (Å²) in [5.41, 5.74) is 0.663. The minimum absolute atomic E-state index is 0.0594. The summed E-state index contributed by atoms with van der Waals surface area (Å²) in [4.78, 5) is 11.3. The fourth-order valence-electron chi connectivity index (χ4n) is 1.64. The van der Waals surface area contributed by atoms with Crippen molar-refractivity contribution in [2.75, 3.05) is 0 Å². The van der Waals surface area contributed by atoms with E-state index < -0.39 is 0 Å². The third-order valence-corrected chi connectivity index (χ3v) is 3.13. The summed E-state index contributed by atoms with van der Waals surface area (Å²) >= 11 is 0. The van der Waals surface area contributed by atoms with Crippen LogP contribution in [0.2, 0.25) is 0 Å². The summed E-state index contributed by atoms with van der Waals surface area (Å²) in [6, 6.07) is 0. The second-order valence-corrected chi connectivity index (χ2v) is 6.12. The lowest BCUT2D eigenvalue weighted by molar-refractivity contribution is -0.105. The van der Waals surface area contributed by atoms with Gasteiger partial charge in [-0.15, -0.1) is 9.24 Å². The lowest BCUT2D eigenvalue weighted by Crippen LogP contribution is -2.21. The summed E-state index contributed by atoms with van der Waals surface area (Å²) in [5, 5.41) is -0.370. The molecular formula is C14H21O2P. The first kappa shape index (κ1) is 14.2. The molecule has 0 radical (unpaired) electrons. The fourth-order valence-corrected chi connectivity index (χ4v) is 1.96. The molecular weight excluding hydrogens is 231 g/mol. The lowest BCUT2D eigenvalue weighted by atomic mass is 9.94. The van der Waals surface area contributed by atoms with E-state index in [1.54, 1.807) is 0 Å². The molecule has 0 bridgehead atoms. The summed E-state index contributed by atoms with van der Waals surface area (Å²) in [6.45, 7) is 8.02. The van der Waals surface area contributed by atoms with Gasteiger partial charge in [0.2, 0.25) is 0 Å². The average Bonchev–Trinajstić information content (AvgIpc) is 2.21. The largest absolute Gasteiger partial charge is 0.491 e. The number of allylic oxidation sites excluding steroid dienone is 5. The van der Waals surface area contributed by atoms with Crippen molar-refractivity contribution in [3.63, 3.8) is 0 Å². The molecule has 0 N–H and O–H groups in total. The summed E-state index contributed by atoms with van der Waals surface area (Å²) in [5.74, 6) is 1.01. The lowest BCUT2D eigenvalue weighted by Gasteiger charge is -2.25. The van der Waals surface area contributed by atoms with Crippen LogP contribution in [0.15, 0.2) is 35.6 Å². The number of rotatable bonds is 3. The smallest absolute Gasteiger partial charge is 0.150 e. The third kappa shape index (κ3) is 3.81. The van der Waals surface area contributed by atoms with Gasteiger partial charge in [-0.25, -0.2) is 0 Å². The quantitative estimate of drug-likeness (QED) is 0.438. The maximum absolute atomic E-state index is 11.3. The number of aldehydes is 1. The molecule has 0 fully saturated rings. The molecule has 3 atom stereocenters. The van der Waals surface area contributed by atoms with Gasteiger partial charge in [0.05, 0.1) is 6.10 Å². The van der Waals surface area contributed by atoms with Gasteiger partial charge in [-0.05, 0) is 32.8 Å². The summed E-state index contributed by atoms with van der Waals surface area (Å²) in [7, 11) is 2.72. The van der Waals surface area contributed by atoms with E-state index in [-0.39, 0.29) is 11.3 Å². The predicted octanol–water partition coefficient (Wildman–Crippen LogP) is 3.26. The van der Waals surface area contributed by atoms with Crippen LogP contribution in [-0.2, 0) is 9.53 Å². The number of carbonyl (C=O) groups excluding carboxylic acids is 1. The van der Waals surface area contributed by atoms with E-state index in [0.29, 0.717) is 17.3 Å². The van der Waals surface area contributed by atoms with Gasteiger partial charge in [0.15, 0.2) is 6.29 Å². The molecule has 0 saturated heterocycles. The molecule has 3 heteroatoms. The SMILES string of the molecule is CC1C=CC(C)(P)/C(C=O)=C(OC(C)C)\C=C/1. The molecule has 1 rings (SSSR count). The van der Waals surface area contributed by atoms with Crippen LogP contribution in [0, 0.1) is 5.92 Å². The Bertz CT molecular complexity index is 376. The molecule has 0 spiro atoms. The highest BCUT2D eigenvalue weighted by molar-refractivity contribution is 7.20. The Labute approximate surface area is 106 Å². The highest BCUT2D eigenvalue weighted by Gasteiger charge is 2.25. The van der Waals surface area contributed by atoms with Crippen molar-refractivity contribution in [3.05, 3.63) is 35.6 Å². The molecule has 0 aromatic rings. The van der Waals surface area contributed by atoms with Crippen LogP contribution in [0.25, 0.3) is 0 Å². The van der Waals surface area contributed by atoms with Crippen LogP contribution in [0.5, 0.6) is 0 Å². The molecule has 94 valence electrons. The summed E-state index contributed by atoms with van der Waals surface area (Å²) in [6.07, 6.45) is 9.02. The van der Waals surface area contributed by atoms with Crippen LogP contribution >= 0.6 is 9.24 Å². The first-order chi connectivity index (χ1) is 7.86. The van der Waals surface area contributed by atoms with E-state index in [4.69, 9.17) is 4.74 Å². The highest BCUT2D eigenvalue weighted by atomic mass is 31.0. The van der Waals surface area contributed by atoms with Crippen molar-refractivity contribution >= 4 is 15.5 Å². The van der Waals surface area contributed by atoms with Gasteiger partial charge in [-0.1, -0.05) is 25.2 Å². The monoisotopic (exact) mass is 252 g/mol. The maximum Gasteiger partial charge on any atom is 0.150 e. The molecule has 0 saturated carbocycles. The van der Waals surface area contributed by atoms with Gasteiger partial charge in [0, 0.05) is 10.7 Å². The number of ether oxygens (including phenoxy) is 1. The molecule has 0 heterocycles.